The zero-order valence-corrected chi connectivity index (χ0v) is 14.8. The molecule has 0 aromatic rings. The highest BCUT2D eigenvalue weighted by molar-refractivity contribution is 8.00. The summed E-state index contributed by atoms with van der Waals surface area (Å²) in [6, 6.07) is 0. The number of thioether (sulfide) groups is 1. The molecule has 0 saturated heterocycles. The first kappa shape index (κ1) is 17.1. The predicted molar refractivity (Wildman–Crippen MR) is 90.6 cm³/mol. The fourth-order valence-electron chi connectivity index (χ4n) is 4.00. The standard InChI is InChI=1S/C18H30O2S/c1-5-18(20,6-2)12-21-13(3)14-9-10-15-16(19)8-7-11-17(14,15)4/h9,13,15,20H,5-8,10-12H2,1-4H3. The molecule has 21 heavy (non-hydrogen) atoms. The van der Waals surface area contributed by atoms with Crippen LogP contribution in [0, 0.1) is 11.3 Å². The van der Waals surface area contributed by atoms with Crippen molar-refractivity contribution in [2.45, 2.75) is 77.1 Å². The maximum absolute atomic E-state index is 12.2. The lowest BCUT2D eigenvalue weighted by Gasteiger charge is -2.40. The van der Waals surface area contributed by atoms with E-state index in [4.69, 9.17) is 0 Å². The number of carbonyl (C=O) groups is 1. The molecule has 1 fully saturated rings. The summed E-state index contributed by atoms with van der Waals surface area (Å²) in [6.07, 6.45) is 7.82. The van der Waals surface area contributed by atoms with Crippen LogP contribution in [0.5, 0.6) is 0 Å². The Bertz CT molecular complexity index is 425. The second kappa shape index (κ2) is 6.45. The van der Waals surface area contributed by atoms with Gasteiger partial charge in [0.2, 0.25) is 0 Å². The van der Waals surface area contributed by atoms with Crippen molar-refractivity contribution in [2.24, 2.45) is 11.3 Å². The van der Waals surface area contributed by atoms with Crippen LogP contribution in [0.15, 0.2) is 11.6 Å². The zero-order chi connectivity index (χ0) is 15.7. The largest absolute Gasteiger partial charge is 0.389 e. The van der Waals surface area contributed by atoms with Gasteiger partial charge in [-0.05, 0) is 44.4 Å². The highest BCUT2D eigenvalue weighted by Gasteiger charge is 2.48. The number of Topliss-reactive ketones (excluding diaryl/α,β-unsaturated/α-hetero) is 1. The van der Waals surface area contributed by atoms with E-state index in [0.29, 0.717) is 11.0 Å². The third-order valence-corrected chi connectivity index (χ3v) is 7.32. The van der Waals surface area contributed by atoms with E-state index >= 15 is 0 Å². The van der Waals surface area contributed by atoms with Gasteiger partial charge in [0.05, 0.1) is 5.60 Å². The lowest BCUT2D eigenvalue weighted by Crippen LogP contribution is -2.38. The molecule has 2 aliphatic rings. The number of carbonyl (C=O) groups excluding carboxylic acids is 1. The van der Waals surface area contributed by atoms with E-state index < -0.39 is 5.60 Å². The topological polar surface area (TPSA) is 37.3 Å². The Hall–Kier alpha value is -0.280. The highest BCUT2D eigenvalue weighted by Crippen LogP contribution is 2.53. The molecular weight excluding hydrogens is 280 g/mol. The summed E-state index contributed by atoms with van der Waals surface area (Å²) in [5.74, 6) is 1.47. The quantitative estimate of drug-likeness (QED) is 0.740. The predicted octanol–water partition coefficient (Wildman–Crippen LogP) is 4.36. The maximum Gasteiger partial charge on any atom is 0.137 e. The Kier molecular flexibility index (Phi) is 5.25. The number of ketones is 1. The van der Waals surface area contributed by atoms with Gasteiger partial charge in [0.25, 0.3) is 0 Å². The van der Waals surface area contributed by atoms with Crippen LogP contribution in [0.1, 0.15) is 66.2 Å². The fourth-order valence-corrected chi connectivity index (χ4v) is 5.52. The smallest absolute Gasteiger partial charge is 0.137 e. The minimum Gasteiger partial charge on any atom is -0.389 e. The number of fused-ring (bicyclic) bond motifs is 1. The van der Waals surface area contributed by atoms with Crippen LogP contribution >= 0.6 is 11.8 Å². The Morgan fingerprint density at radius 1 is 1.48 bits per heavy atom. The molecule has 0 spiro atoms. The maximum atomic E-state index is 12.2. The van der Waals surface area contributed by atoms with Crippen LogP contribution in [0.4, 0.5) is 0 Å². The lowest BCUT2D eigenvalue weighted by atomic mass is 9.65. The molecular formula is C18H30O2S. The van der Waals surface area contributed by atoms with Crippen LogP contribution in [0.2, 0.25) is 0 Å². The molecule has 0 aliphatic heterocycles. The molecule has 0 radical (unpaired) electrons. The van der Waals surface area contributed by atoms with E-state index in [0.717, 1.165) is 44.3 Å². The monoisotopic (exact) mass is 310 g/mol. The summed E-state index contributed by atoms with van der Waals surface area (Å²) in [5, 5.41) is 10.9. The van der Waals surface area contributed by atoms with Crippen molar-refractivity contribution >= 4 is 17.5 Å². The van der Waals surface area contributed by atoms with Crippen molar-refractivity contribution in [3.05, 3.63) is 11.6 Å². The van der Waals surface area contributed by atoms with Crippen molar-refractivity contribution in [2.75, 3.05) is 5.75 Å². The van der Waals surface area contributed by atoms with Crippen molar-refractivity contribution in [3.63, 3.8) is 0 Å². The minimum atomic E-state index is -0.541. The van der Waals surface area contributed by atoms with Gasteiger partial charge in [-0.25, -0.2) is 0 Å². The summed E-state index contributed by atoms with van der Waals surface area (Å²) in [7, 11) is 0. The first-order chi connectivity index (χ1) is 9.86. The Morgan fingerprint density at radius 2 is 2.14 bits per heavy atom. The van der Waals surface area contributed by atoms with Crippen molar-refractivity contribution in [3.8, 4) is 0 Å². The Balaban J connectivity index is 2.03. The molecule has 2 aliphatic carbocycles. The van der Waals surface area contributed by atoms with Gasteiger partial charge >= 0.3 is 0 Å². The molecule has 3 heteroatoms. The van der Waals surface area contributed by atoms with Gasteiger partial charge in [-0.3, -0.25) is 4.79 Å². The second-order valence-corrected chi connectivity index (χ2v) is 8.40. The average molecular weight is 311 g/mol. The second-order valence-electron chi connectivity index (χ2n) is 7.07. The van der Waals surface area contributed by atoms with Crippen LogP contribution in [-0.2, 0) is 4.79 Å². The zero-order valence-electron chi connectivity index (χ0n) is 13.9. The van der Waals surface area contributed by atoms with Crippen LogP contribution in [-0.4, -0.2) is 27.5 Å². The average Bonchev–Trinajstić information content (AvgIpc) is 2.83. The van der Waals surface area contributed by atoms with Crippen LogP contribution < -0.4 is 0 Å². The van der Waals surface area contributed by atoms with Crippen molar-refractivity contribution in [1.29, 1.82) is 0 Å². The Morgan fingerprint density at radius 3 is 2.76 bits per heavy atom. The van der Waals surface area contributed by atoms with E-state index in [1.165, 1.54) is 5.57 Å². The van der Waals surface area contributed by atoms with Gasteiger partial charge in [0.15, 0.2) is 0 Å². The lowest BCUT2D eigenvalue weighted by molar-refractivity contribution is -0.128. The van der Waals surface area contributed by atoms with Gasteiger partial charge in [-0.2, -0.15) is 11.8 Å². The van der Waals surface area contributed by atoms with Crippen LogP contribution in [0.3, 0.4) is 0 Å². The molecule has 0 bridgehead atoms. The van der Waals surface area contributed by atoms with Crippen molar-refractivity contribution < 1.29 is 9.90 Å². The molecule has 1 saturated carbocycles. The van der Waals surface area contributed by atoms with E-state index in [9.17, 15) is 9.90 Å². The molecule has 0 aromatic carbocycles. The summed E-state index contributed by atoms with van der Waals surface area (Å²) in [5.41, 5.74) is 0.999. The number of hydrogen-bond donors (Lipinski definition) is 1. The van der Waals surface area contributed by atoms with E-state index in [1.807, 2.05) is 11.8 Å². The molecule has 0 aromatic heterocycles. The van der Waals surface area contributed by atoms with Crippen LogP contribution in [0.25, 0.3) is 0 Å². The number of aliphatic hydroxyl groups is 1. The SMILES string of the molecule is CCC(O)(CC)CSC(C)C1=CCC2C(=O)CCCC12C. The number of rotatable bonds is 6. The number of allylic oxidation sites excluding steroid dienone is 1. The van der Waals surface area contributed by atoms with E-state index in [1.54, 1.807) is 0 Å². The van der Waals surface area contributed by atoms with Crippen molar-refractivity contribution in [1.82, 2.24) is 0 Å². The minimum absolute atomic E-state index is 0.0816. The molecule has 2 rings (SSSR count). The highest BCUT2D eigenvalue weighted by atomic mass is 32.2. The molecule has 120 valence electrons. The summed E-state index contributed by atoms with van der Waals surface area (Å²) in [4.78, 5) is 12.2. The first-order valence-corrected chi connectivity index (χ1v) is 9.48. The first-order valence-electron chi connectivity index (χ1n) is 8.43. The molecule has 3 unspecified atom stereocenters. The van der Waals surface area contributed by atoms with Gasteiger partial charge < -0.3 is 5.11 Å². The van der Waals surface area contributed by atoms with Gasteiger partial charge in [-0.1, -0.05) is 32.4 Å². The molecule has 0 amide bonds. The molecule has 1 N–H and O–H groups in total. The summed E-state index contributed by atoms with van der Waals surface area (Å²) < 4.78 is 0. The third kappa shape index (κ3) is 3.24. The van der Waals surface area contributed by atoms with Gasteiger partial charge in [-0.15, -0.1) is 0 Å². The van der Waals surface area contributed by atoms with Gasteiger partial charge in [0.1, 0.15) is 5.78 Å². The molecule has 3 atom stereocenters. The molecule has 0 heterocycles. The summed E-state index contributed by atoms with van der Waals surface area (Å²) in [6.45, 7) is 8.65. The van der Waals surface area contributed by atoms with E-state index in [-0.39, 0.29) is 11.3 Å². The fraction of sp³-hybridized carbons (Fsp3) is 0.833. The van der Waals surface area contributed by atoms with Gasteiger partial charge in [0, 0.05) is 23.3 Å². The number of hydrogen-bond acceptors (Lipinski definition) is 3. The van der Waals surface area contributed by atoms with E-state index in [2.05, 4.69) is 33.8 Å². The Labute approximate surface area is 133 Å². The third-order valence-electron chi connectivity index (χ3n) is 5.87. The summed E-state index contributed by atoms with van der Waals surface area (Å²) >= 11 is 1.86. The molecule has 2 nitrogen and oxygen atoms in total. The normalized spacial score (nSPS) is 31.0.